The number of morpholine rings is 1. The summed E-state index contributed by atoms with van der Waals surface area (Å²) in [4.78, 5) is 2.46. The van der Waals surface area contributed by atoms with Crippen molar-refractivity contribution >= 4 is 11.6 Å². The average Bonchev–Trinajstić information content (AvgIpc) is 2.56. The highest BCUT2D eigenvalue weighted by Gasteiger charge is 2.27. The highest BCUT2D eigenvalue weighted by molar-refractivity contribution is 6.33. The largest absolute Gasteiger partial charge is 0.493 e. The number of nitrogens with one attached hydrogen (secondary N) is 1. The summed E-state index contributed by atoms with van der Waals surface area (Å²) in [5, 5.41) is 4.11. The number of benzene rings is 1. The number of hydrogen-bond donors (Lipinski definition) is 1. The van der Waals surface area contributed by atoms with E-state index in [1.165, 1.54) is 0 Å². The van der Waals surface area contributed by atoms with Gasteiger partial charge in [0.25, 0.3) is 0 Å². The van der Waals surface area contributed by atoms with Crippen LogP contribution in [0.1, 0.15) is 19.4 Å². The minimum absolute atomic E-state index is 0.0762. The van der Waals surface area contributed by atoms with Gasteiger partial charge >= 0.3 is 0 Å². The van der Waals surface area contributed by atoms with Gasteiger partial charge in [0, 0.05) is 31.7 Å². The third-order valence-corrected chi connectivity index (χ3v) is 4.72. The van der Waals surface area contributed by atoms with Crippen LogP contribution in [-0.4, -0.2) is 57.5 Å². The molecule has 0 spiro atoms. The van der Waals surface area contributed by atoms with Crippen molar-refractivity contribution in [1.29, 1.82) is 0 Å². The Bertz CT molecular complexity index is 517. The van der Waals surface area contributed by atoms with Crippen molar-refractivity contribution < 1.29 is 14.2 Å². The molecular weight excluding hydrogens is 316 g/mol. The molecule has 1 heterocycles. The molecule has 130 valence electrons. The van der Waals surface area contributed by atoms with Crippen molar-refractivity contribution in [2.24, 2.45) is 0 Å². The molecule has 1 saturated heterocycles. The number of nitrogens with zero attached hydrogens (tertiary/aromatic N) is 1. The Labute approximate surface area is 143 Å². The van der Waals surface area contributed by atoms with Gasteiger partial charge in [-0.05, 0) is 25.5 Å². The quantitative estimate of drug-likeness (QED) is 0.825. The average molecular weight is 343 g/mol. The summed E-state index contributed by atoms with van der Waals surface area (Å²) in [5.74, 6) is 1.23. The Balaban J connectivity index is 1.95. The summed E-state index contributed by atoms with van der Waals surface area (Å²) >= 11 is 6.42. The molecule has 6 heteroatoms. The molecule has 0 aromatic heterocycles. The lowest BCUT2D eigenvalue weighted by atomic mass is 10.0. The van der Waals surface area contributed by atoms with E-state index in [4.69, 9.17) is 25.8 Å². The lowest BCUT2D eigenvalue weighted by Gasteiger charge is -2.41. The van der Waals surface area contributed by atoms with Crippen molar-refractivity contribution in [1.82, 2.24) is 10.2 Å². The SMILES string of the molecule is COc1ccc(CNCC(C)(C)N2CCOCC2)c(Cl)c1OC. The van der Waals surface area contributed by atoms with E-state index in [1.807, 2.05) is 12.1 Å². The zero-order chi connectivity index (χ0) is 16.9. The zero-order valence-corrected chi connectivity index (χ0v) is 15.2. The van der Waals surface area contributed by atoms with Gasteiger partial charge in [-0.1, -0.05) is 17.7 Å². The molecular formula is C17H27ClN2O3. The molecule has 23 heavy (non-hydrogen) atoms. The van der Waals surface area contributed by atoms with Crippen LogP contribution in [0.4, 0.5) is 0 Å². The number of halogens is 1. The van der Waals surface area contributed by atoms with Gasteiger partial charge in [-0.25, -0.2) is 0 Å². The number of rotatable bonds is 7. The minimum atomic E-state index is 0.0762. The summed E-state index contributed by atoms with van der Waals surface area (Å²) < 4.78 is 16.0. The predicted molar refractivity (Wildman–Crippen MR) is 92.7 cm³/mol. The fourth-order valence-corrected chi connectivity index (χ4v) is 3.15. The monoisotopic (exact) mass is 342 g/mol. The van der Waals surface area contributed by atoms with Crippen LogP contribution in [0.15, 0.2) is 12.1 Å². The topological polar surface area (TPSA) is 43.0 Å². The van der Waals surface area contributed by atoms with Gasteiger partial charge in [-0.15, -0.1) is 0 Å². The van der Waals surface area contributed by atoms with Gasteiger partial charge in [0.15, 0.2) is 11.5 Å². The van der Waals surface area contributed by atoms with Gasteiger partial charge in [-0.3, -0.25) is 4.90 Å². The van der Waals surface area contributed by atoms with E-state index in [0.717, 1.165) is 38.4 Å². The fraction of sp³-hybridized carbons (Fsp3) is 0.647. The molecule has 1 fully saturated rings. The van der Waals surface area contributed by atoms with Crippen molar-refractivity contribution in [3.8, 4) is 11.5 Å². The van der Waals surface area contributed by atoms with Crippen LogP contribution < -0.4 is 14.8 Å². The number of hydrogen-bond acceptors (Lipinski definition) is 5. The lowest BCUT2D eigenvalue weighted by Crippen LogP contribution is -2.54. The van der Waals surface area contributed by atoms with Crippen molar-refractivity contribution in [2.45, 2.75) is 25.9 Å². The maximum absolute atomic E-state index is 6.42. The molecule has 0 bridgehead atoms. The summed E-state index contributed by atoms with van der Waals surface area (Å²) in [7, 11) is 3.21. The van der Waals surface area contributed by atoms with Crippen LogP contribution in [0.25, 0.3) is 0 Å². The van der Waals surface area contributed by atoms with E-state index in [0.29, 0.717) is 23.1 Å². The molecule has 0 atom stereocenters. The van der Waals surface area contributed by atoms with Crippen LogP contribution >= 0.6 is 11.6 Å². The molecule has 1 aromatic carbocycles. The third-order valence-electron chi connectivity index (χ3n) is 4.31. The fourth-order valence-electron chi connectivity index (χ4n) is 2.85. The standard InChI is InChI=1S/C17H27ClN2O3/c1-17(2,20-7-9-23-10-8-20)12-19-11-13-5-6-14(21-3)16(22-4)15(13)18/h5-6,19H,7-12H2,1-4H3. The Morgan fingerprint density at radius 1 is 1.22 bits per heavy atom. The number of ether oxygens (including phenoxy) is 3. The van der Waals surface area contributed by atoms with Crippen molar-refractivity contribution in [2.75, 3.05) is 47.1 Å². The Morgan fingerprint density at radius 2 is 1.91 bits per heavy atom. The first kappa shape index (κ1) is 18.3. The van der Waals surface area contributed by atoms with Crippen LogP contribution in [0, 0.1) is 0 Å². The molecule has 0 amide bonds. The van der Waals surface area contributed by atoms with E-state index < -0.39 is 0 Å². The van der Waals surface area contributed by atoms with E-state index >= 15 is 0 Å². The van der Waals surface area contributed by atoms with E-state index in [2.05, 4.69) is 24.1 Å². The Hall–Kier alpha value is -1.01. The first-order chi connectivity index (χ1) is 11.0. The molecule has 0 aliphatic carbocycles. The van der Waals surface area contributed by atoms with Gasteiger partial charge in [0.05, 0.1) is 32.5 Å². The second-order valence-electron chi connectivity index (χ2n) is 6.29. The van der Waals surface area contributed by atoms with Crippen LogP contribution in [0.5, 0.6) is 11.5 Å². The van der Waals surface area contributed by atoms with E-state index in [1.54, 1.807) is 14.2 Å². The second kappa shape index (κ2) is 8.20. The van der Waals surface area contributed by atoms with Crippen molar-refractivity contribution in [3.05, 3.63) is 22.7 Å². The smallest absolute Gasteiger partial charge is 0.179 e. The lowest BCUT2D eigenvalue weighted by molar-refractivity contribution is -0.00966. The van der Waals surface area contributed by atoms with Gasteiger partial charge in [-0.2, -0.15) is 0 Å². The Morgan fingerprint density at radius 3 is 2.52 bits per heavy atom. The zero-order valence-electron chi connectivity index (χ0n) is 14.4. The van der Waals surface area contributed by atoms with Crippen LogP contribution in [0.2, 0.25) is 5.02 Å². The van der Waals surface area contributed by atoms with Gasteiger partial charge < -0.3 is 19.5 Å². The summed E-state index contributed by atoms with van der Waals surface area (Å²) in [5.41, 5.74) is 1.08. The van der Waals surface area contributed by atoms with Gasteiger partial charge in [0.1, 0.15) is 0 Å². The molecule has 1 aliphatic heterocycles. The third kappa shape index (κ3) is 4.51. The van der Waals surface area contributed by atoms with E-state index in [-0.39, 0.29) is 5.54 Å². The number of methoxy groups -OCH3 is 2. The first-order valence-electron chi connectivity index (χ1n) is 7.92. The normalized spacial score (nSPS) is 16.4. The Kier molecular flexibility index (Phi) is 6.53. The van der Waals surface area contributed by atoms with Crippen LogP contribution in [-0.2, 0) is 11.3 Å². The summed E-state index contributed by atoms with van der Waals surface area (Å²) in [6.07, 6.45) is 0. The summed E-state index contributed by atoms with van der Waals surface area (Å²) in [6, 6.07) is 3.85. The molecule has 1 N–H and O–H groups in total. The maximum Gasteiger partial charge on any atom is 0.179 e. The van der Waals surface area contributed by atoms with E-state index in [9.17, 15) is 0 Å². The highest BCUT2D eigenvalue weighted by atomic mass is 35.5. The van der Waals surface area contributed by atoms with Gasteiger partial charge in [0.2, 0.25) is 0 Å². The molecule has 1 aromatic rings. The summed E-state index contributed by atoms with van der Waals surface area (Å²) in [6.45, 7) is 9.64. The maximum atomic E-state index is 6.42. The van der Waals surface area contributed by atoms with Crippen molar-refractivity contribution in [3.63, 3.8) is 0 Å². The second-order valence-corrected chi connectivity index (χ2v) is 6.67. The molecule has 5 nitrogen and oxygen atoms in total. The molecule has 2 rings (SSSR count). The molecule has 0 unspecified atom stereocenters. The highest BCUT2D eigenvalue weighted by Crippen LogP contribution is 2.37. The molecule has 0 saturated carbocycles. The molecule has 0 radical (unpaired) electrons. The van der Waals surface area contributed by atoms with Crippen LogP contribution in [0.3, 0.4) is 0 Å². The molecule has 1 aliphatic rings. The predicted octanol–water partition coefficient (Wildman–Crippen LogP) is 2.56. The first-order valence-corrected chi connectivity index (χ1v) is 8.30. The minimum Gasteiger partial charge on any atom is -0.493 e.